The van der Waals surface area contributed by atoms with Gasteiger partial charge < -0.3 is 5.32 Å². The molecule has 0 saturated carbocycles. The lowest BCUT2D eigenvalue weighted by Crippen LogP contribution is -2.28. The maximum Gasteiger partial charge on any atom is 0.0173 e. The molecule has 1 aliphatic rings. The molecule has 1 rings (SSSR count). The van der Waals surface area contributed by atoms with Gasteiger partial charge in [-0.05, 0) is 11.8 Å². The average Bonchev–Trinajstić information content (AvgIpc) is 2.07. The Bertz CT molecular complexity index is 213. The Labute approximate surface area is 81.9 Å². The van der Waals surface area contributed by atoms with Crippen LogP contribution in [0.3, 0.4) is 0 Å². The summed E-state index contributed by atoms with van der Waals surface area (Å²) >= 11 is 0. The number of hydrogen-bond acceptors (Lipinski definition) is 1. The third kappa shape index (κ3) is 3.00. The Balaban J connectivity index is 2.49. The van der Waals surface area contributed by atoms with Gasteiger partial charge in [-0.2, -0.15) is 0 Å². The van der Waals surface area contributed by atoms with Gasteiger partial charge in [0.05, 0.1) is 0 Å². The number of rotatable bonds is 3. The second-order valence-electron chi connectivity index (χ2n) is 4.31. The molecule has 0 fully saturated rings. The van der Waals surface area contributed by atoms with Crippen LogP contribution < -0.4 is 5.32 Å². The van der Waals surface area contributed by atoms with Crippen LogP contribution in [0.15, 0.2) is 23.8 Å². The van der Waals surface area contributed by atoms with Gasteiger partial charge in [0.25, 0.3) is 0 Å². The zero-order chi connectivity index (χ0) is 9.84. The summed E-state index contributed by atoms with van der Waals surface area (Å²) < 4.78 is 0. The van der Waals surface area contributed by atoms with E-state index in [1.807, 2.05) is 0 Å². The van der Waals surface area contributed by atoms with Crippen LogP contribution in [0.5, 0.6) is 0 Å². The summed E-state index contributed by atoms with van der Waals surface area (Å²) in [7, 11) is 0. The molecule has 0 amide bonds. The van der Waals surface area contributed by atoms with E-state index in [0.717, 1.165) is 6.54 Å². The maximum absolute atomic E-state index is 3.46. The van der Waals surface area contributed by atoms with Gasteiger partial charge in [0.1, 0.15) is 0 Å². The summed E-state index contributed by atoms with van der Waals surface area (Å²) in [6, 6.07) is 0.578. The Morgan fingerprint density at radius 3 is 2.69 bits per heavy atom. The van der Waals surface area contributed by atoms with E-state index in [2.05, 4.69) is 51.2 Å². The van der Waals surface area contributed by atoms with E-state index in [1.165, 1.54) is 5.57 Å². The molecule has 0 aromatic heterocycles. The van der Waals surface area contributed by atoms with Crippen LogP contribution in [-0.4, -0.2) is 12.6 Å². The molecule has 13 heavy (non-hydrogen) atoms. The predicted octanol–water partition coefficient (Wildman–Crippen LogP) is 2.75. The SMILES string of the molecule is CC(C)NCC1=CC=CC(C)C1C. The number of allylic oxidation sites excluding steroid dienone is 3. The zero-order valence-electron chi connectivity index (χ0n) is 9.17. The molecule has 0 radical (unpaired) electrons. The van der Waals surface area contributed by atoms with Crippen molar-refractivity contribution < 1.29 is 0 Å². The lowest BCUT2D eigenvalue weighted by Gasteiger charge is -2.24. The first-order valence-corrected chi connectivity index (χ1v) is 5.22. The van der Waals surface area contributed by atoms with E-state index >= 15 is 0 Å². The van der Waals surface area contributed by atoms with Gasteiger partial charge in [0.15, 0.2) is 0 Å². The highest BCUT2D eigenvalue weighted by Crippen LogP contribution is 2.24. The standard InChI is InChI=1S/C12H21N/c1-9(2)13-8-12-7-5-6-10(3)11(12)4/h5-7,9-11,13H,8H2,1-4H3. The molecule has 0 aromatic rings. The van der Waals surface area contributed by atoms with Crippen LogP contribution in [0.4, 0.5) is 0 Å². The van der Waals surface area contributed by atoms with Crippen LogP contribution >= 0.6 is 0 Å². The molecule has 0 saturated heterocycles. The van der Waals surface area contributed by atoms with Crippen molar-refractivity contribution in [1.29, 1.82) is 0 Å². The van der Waals surface area contributed by atoms with Crippen LogP contribution in [0, 0.1) is 11.8 Å². The van der Waals surface area contributed by atoms with Crippen molar-refractivity contribution in [2.24, 2.45) is 11.8 Å². The lowest BCUT2D eigenvalue weighted by atomic mass is 9.85. The normalized spacial score (nSPS) is 27.9. The van der Waals surface area contributed by atoms with E-state index in [0.29, 0.717) is 17.9 Å². The molecular formula is C12H21N. The fourth-order valence-electron chi connectivity index (χ4n) is 1.55. The Kier molecular flexibility index (Phi) is 3.73. The fourth-order valence-corrected chi connectivity index (χ4v) is 1.55. The first kappa shape index (κ1) is 10.5. The topological polar surface area (TPSA) is 12.0 Å². The molecular weight excluding hydrogens is 158 g/mol. The average molecular weight is 179 g/mol. The lowest BCUT2D eigenvalue weighted by molar-refractivity contribution is 0.491. The van der Waals surface area contributed by atoms with Crippen molar-refractivity contribution in [3.05, 3.63) is 23.8 Å². The molecule has 0 bridgehead atoms. The highest BCUT2D eigenvalue weighted by Gasteiger charge is 2.16. The molecule has 1 aliphatic carbocycles. The van der Waals surface area contributed by atoms with Crippen molar-refractivity contribution >= 4 is 0 Å². The fraction of sp³-hybridized carbons (Fsp3) is 0.667. The van der Waals surface area contributed by atoms with E-state index in [9.17, 15) is 0 Å². The zero-order valence-corrected chi connectivity index (χ0v) is 9.17. The molecule has 1 N–H and O–H groups in total. The third-order valence-electron chi connectivity index (χ3n) is 2.81. The molecule has 0 aromatic carbocycles. The van der Waals surface area contributed by atoms with Crippen molar-refractivity contribution in [1.82, 2.24) is 5.32 Å². The minimum atomic E-state index is 0.578. The van der Waals surface area contributed by atoms with Gasteiger partial charge in [-0.1, -0.05) is 51.5 Å². The molecule has 2 unspecified atom stereocenters. The Hall–Kier alpha value is -0.560. The monoisotopic (exact) mass is 179 g/mol. The third-order valence-corrected chi connectivity index (χ3v) is 2.81. The minimum absolute atomic E-state index is 0.578. The van der Waals surface area contributed by atoms with Crippen molar-refractivity contribution in [2.75, 3.05) is 6.54 Å². The van der Waals surface area contributed by atoms with Gasteiger partial charge in [0.2, 0.25) is 0 Å². The van der Waals surface area contributed by atoms with E-state index in [-0.39, 0.29) is 0 Å². The summed E-state index contributed by atoms with van der Waals surface area (Å²) in [6.07, 6.45) is 6.71. The molecule has 0 heterocycles. The molecule has 2 atom stereocenters. The molecule has 0 aliphatic heterocycles. The van der Waals surface area contributed by atoms with Crippen LogP contribution in [0.1, 0.15) is 27.7 Å². The highest BCUT2D eigenvalue weighted by atomic mass is 14.9. The quantitative estimate of drug-likeness (QED) is 0.702. The van der Waals surface area contributed by atoms with Crippen LogP contribution in [0.2, 0.25) is 0 Å². The van der Waals surface area contributed by atoms with Crippen molar-refractivity contribution in [3.8, 4) is 0 Å². The largest absolute Gasteiger partial charge is 0.311 e. The van der Waals surface area contributed by atoms with Gasteiger partial charge in [0, 0.05) is 12.6 Å². The second-order valence-corrected chi connectivity index (χ2v) is 4.31. The van der Waals surface area contributed by atoms with Gasteiger partial charge in [-0.15, -0.1) is 0 Å². The van der Waals surface area contributed by atoms with Gasteiger partial charge in [-0.25, -0.2) is 0 Å². The highest BCUT2D eigenvalue weighted by molar-refractivity contribution is 5.23. The summed E-state index contributed by atoms with van der Waals surface area (Å²) in [6.45, 7) is 10.00. The molecule has 74 valence electrons. The summed E-state index contributed by atoms with van der Waals surface area (Å²) in [5.41, 5.74) is 1.53. The first-order valence-electron chi connectivity index (χ1n) is 5.22. The summed E-state index contributed by atoms with van der Waals surface area (Å²) in [5.74, 6) is 1.38. The number of hydrogen-bond donors (Lipinski definition) is 1. The number of nitrogens with one attached hydrogen (secondary N) is 1. The van der Waals surface area contributed by atoms with Crippen LogP contribution in [0.25, 0.3) is 0 Å². The van der Waals surface area contributed by atoms with Gasteiger partial charge >= 0.3 is 0 Å². The maximum atomic E-state index is 3.46. The smallest absolute Gasteiger partial charge is 0.0173 e. The first-order chi connectivity index (χ1) is 6.11. The van der Waals surface area contributed by atoms with Crippen molar-refractivity contribution in [2.45, 2.75) is 33.7 Å². The van der Waals surface area contributed by atoms with E-state index in [4.69, 9.17) is 0 Å². The molecule has 1 nitrogen and oxygen atoms in total. The minimum Gasteiger partial charge on any atom is -0.311 e. The van der Waals surface area contributed by atoms with E-state index < -0.39 is 0 Å². The second kappa shape index (κ2) is 4.61. The molecule has 0 spiro atoms. The van der Waals surface area contributed by atoms with Crippen molar-refractivity contribution in [3.63, 3.8) is 0 Å². The van der Waals surface area contributed by atoms with Crippen LogP contribution in [-0.2, 0) is 0 Å². The van der Waals surface area contributed by atoms with Gasteiger partial charge in [-0.3, -0.25) is 0 Å². The van der Waals surface area contributed by atoms with E-state index in [1.54, 1.807) is 0 Å². The Morgan fingerprint density at radius 1 is 1.38 bits per heavy atom. The summed E-state index contributed by atoms with van der Waals surface area (Å²) in [4.78, 5) is 0. The summed E-state index contributed by atoms with van der Waals surface area (Å²) in [5, 5.41) is 3.46. The predicted molar refractivity (Wildman–Crippen MR) is 58.7 cm³/mol. The Morgan fingerprint density at radius 2 is 2.08 bits per heavy atom. The molecule has 1 heteroatoms.